The fraction of sp³-hybridized carbons (Fsp3) is 0.257. The Morgan fingerprint density at radius 1 is 0.844 bits per heavy atom. The number of hydrogen-bond acceptors (Lipinski definition) is 5. The van der Waals surface area contributed by atoms with Crippen molar-refractivity contribution in [3.8, 4) is 11.5 Å². The van der Waals surface area contributed by atoms with Gasteiger partial charge in [-0.3, -0.25) is 13.9 Å². The van der Waals surface area contributed by atoms with Gasteiger partial charge in [0.05, 0.1) is 10.6 Å². The molecule has 0 saturated carbocycles. The zero-order valence-electron chi connectivity index (χ0n) is 25.6. The minimum Gasteiger partial charge on any atom is -0.457 e. The number of para-hydroxylation sites is 1. The van der Waals surface area contributed by atoms with Crippen molar-refractivity contribution in [3.63, 3.8) is 0 Å². The molecule has 0 bridgehead atoms. The zero-order chi connectivity index (χ0) is 32.4. The van der Waals surface area contributed by atoms with Gasteiger partial charge in [0.25, 0.3) is 10.0 Å². The number of nitrogens with one attached hydrogen (secondary N) is 1. The van der Waals surface area contributed by atoms with Crippen molar-refractivity contribution in [3.05, 3.63) is 120 Å². The van der Waals surface area contributed by atoms with E-state index in [0.29, 0.717) is 36.4 Å². The van der Waals surface area contributed by atoms with E-state index in [9.17, 15) is 22.4 Å². The molecule has 0 aliphatic heterocycles. The van der Waals surface area contributed by atoms with Crippen molar-refractivity contribution in [1.29, 1.82) is 0 Å². The summed E-state index contributed by atoms with van der Waals surface area (Å²) < 4.78 is 48.8. The van der Waals surface area contributed by atoms with Crippen LogP contribution in [-0.2, 0) is 26.2 Å². The summed E-state index contributed by atoms with van der Waals surface area (Å²) in [6, 6.07) is 26.7. The molecule has 45 heavy (non-hydrogen) atoms. The second-order valence-electron chi connectivity index (χ2n) is 10.6. The third-order valence-electron chi connectivity index (χ3n) is 7.19. The number of aryl methyl sites for hydroxylation is 1. The fourth-order valence-corrected chi connectivity index (χ4v) is 6.16. The number of hydrogen-bond donors (Lipinski definition) is 1. The summed E-state index contributed by atoms with van der Waals surface area (Å²) in [6.45, 7) is 5.40. The van der Waals surface area contributed by atoms with Gasteiger partial charge in [-0.25, -0.2) is 12.8 Å². The number of nitrogens with zero attached hydrogens (tertiary/aromatic N) is 2. The maximum atomic E-state index is 14.2. The largest absolute Gasteiger partial charge is 0.457 e. The molecule has 1 N–H and O–H groups in total. The summed E-state index contributed by atoms with van der Waals surface area (Å²) >= 11 is 0. The van der Waals surface area contributed by atoms with Crippen LogP contribution in [0.15, 0.2) is 108 Å². The highest BCUT2D eigenvalue weighted by molar-refractivity contribution is 7.92. The molecule has 4 rings (SSSR count). The standard InChI is InChI=1S/C35H38FN3O5S/c1-4-23-37-35(41)33(5-2)38(24-27-13-15-28(36)16-14-27)34(40)25-39(45(42,43)32-21-11-26(3)12-22-32)29-17-19-31(20-18-29)44-30-9-7-6-8-10-30/h6-22,33H,4-5,23-25H2,1-3H3,(H,37,41). The number of amides is 2. The summed E-state index contributed by atoms with van der Waals surface area (Å²) in [5.41, 5.74) is 1.73. The van der Waals surface area contributed by atoms with Crippen LogP contribution < -0.4 is 14.4 Å². The molecule has 10 heteroatoms. The van der Waals surface area contributed by atoms with Crippen LogP contribution >= 0.6 is 0 Å². The average Bonchev–Trinajstić information content (AvgIpc) is 3.04. The van der Waals surface area contributed by atoms with Crippen LogP contribution in [0.25, 0.3) is 0 Å². The molecule has 0 aliphatic rings. The molecule has 4 aromatic rings. The number of halogens is 1. The van der Waals surface area contributed by atoms with Crippen molar-refractivity contribution in [2.45, 2.75) is 51.1 Å². The van der Waals surface area contributed by atoms with E-state index >= 15 is 0 Å². The van der Waals surface area contributed by atoms with Gasteiger partial charge in [-0.1, -0.05) is 61.9 Å². The van der Waals surface area contributed by atoms with E-state index in [0.717, 1.165) is 9.87 Å². The third kappa shape index (κ3) is 8.69. The first-order valence-electron chi connectivity index (χ1n) is 14.9. The lowest BCUT2D eigenvalue weighted by molar-refractivity contribution is -0.140. The van der Waals surface area contributed by atoms with Crippen LogP contribution in [0.5, 0.6) is 11.5 Å². The van der Waals surface area contributed by atoms with Gasteiger partial charge < -0.3 is 15.0 Å². The fourth-order valence-electron chi connectivity index (χ4n) is 4.74. The second kappa shape index (κ2) is 15.3. The lowest BCUT2D eigenvalue weighted by Crippen LogP contribution is -2.52. The number of sulfonamides is 1. The van der Waals surface area contributed by atoms with Crippen LogP contribution in [0.2, 0.25) is 0 Å². The molecule has 0 aromatic heterocycles. The molecule has 0 radical (unpaired) electrons. The predicted molar refractivity (Wildman–Crippen MR) is 173 cm³/mol. The molecule has 2 amide bonds. The van der Waals surface area contributed by atoms with Gasteiger partial charge in [0.1, 0.15) is 29.9 Å². The number of rotatable bonds is 14. The Kier molecular flexibility index (Phi) is 11.3. The molecule has 1 atom stereocenters. The predicted octanol–water partition coefficient (Wildman–Crippen LogP) is 6.46. The summed E-state index contributed by atoms with van der Waals surface area (Å²) in [7, 11) is -4.22. The number of anilines is 1. The summed E-state index contributed by atoms with van der Waals surface area (Å²) in [4.78, 5) is 28.7. The molecule has 8 nitrogen and oxygen atoms in total. The van der Waals surface area contributed by atoms with Crippen molar-refractivity contribution in [2.75, 3.05) is 17.4 Å². The first-order chi connectivity index (χ1) is 21.6. The zero-order valence-corrected chi connectivity index (χ0v) is 26.5. The van der Waals surface area contributed by atoms with E-state index in [1.165, 1.54) is 29.2 Å². The highest BCUT2D eigenvalue weighted by Gasteiger charge is 2.33. The Bertz CT molecular complexity index is 1660. The molecule has 4 aromatic carbocycles. The molecule has 236 valence electrons. The van der Waals surface area contributed by atoms with Gasteiger partial charge in [0, 0.05) is 13.1 Å². The molecular formula is C35H38FN3O5S. The van der Waals surface area contributed by atoms with Gasteiger partial charge in [-0.05, 0) is 86.0 Å². The maximum absolute atomic E-state index is 14.2. The SMILES string of the molecule is CCCNC(=O)C(CC)N(Cc1ccc(F)cc1)C(=O)CN(c1ccc(Oc2ccccc2)cc1)S(=O)(=O)c1ccc(C)cc1. The van der Waals surface area contributed by atoms with Gasteiger partial charge in [-0.15, -0.1) is 0 Å². The lowest BCUT2D eigenvalue weighted by atomic mass is 10.1. The Hall–Kier alpha value is -4.70. The van der Waals surface area contributed by atoms with Crippen LogP contribution in [-0.4, -0.2) is 44.3 Å². The molecule has 0 heterocycles. The molecule has 1 unspecified atom stereocenters. The Balaban J connectivity index is 1.71. The molecule has 0 saturated heterocycles. The van der Waals surface area contributed by atoms with E-state index in [4.69, 9.17) is 4.74 Å². The number of carbonyl (C=O) groups is 2. The minimum absolute atomic E-state index is 0.0144. The quantitative estimate of drug-likeness (QED) is 0.173. The van der Waals surface area contributed by atoms with E-state index in [1.54, 1.807) is 67.6 Å². The van der Waals surface area contributed by atoms with Gasteiger partial charge in [0.15, 0.2) is 0 Å². The summed E-state index contributed by atoms with van der Waals surface area (Å²) in [5.74, 6) is -0.254. The van der Waals surface area contributed by atoms with E-state index in [-0.39, 0.29) is 23.0 Å². The monoisotopic (exact) mass is 631 g/mol. The molecule has 0 aliphatic carbocycles. The second-order valence-corrected chi connectivity index (χ2v) is 12.5. The third-order valence-corrected chi connectivity index (χ3v) is 8.98. The van der Waals surface area contributed by atoms with Crippen LogP contribution in [0.1, 0.15) is 37.8 Å². The number of carbonyl (C=O) groups excluding carboxylic acids is 2. The summed E-state index contributed by atoms with van der Waals surface area (Å²) in [6.07, 6.45) is 0.999. The van der Waals surface area contributed by atoms with Gasteiger partial charge in [-0.2, -0.15) is 0 Å². The Morgan fingerprint density at radius 3 is 2.07 bits per heavy atom. The van der Waals surface area contributed by atoms with Crippen molar-refractivity contribution in [1.82, 2.24) is 10.2 Å². The lowest BCUT2D eigenvalue weighted by Gasteiger charge is -2.33. The molecule has 0 fully saturated rings. The van der Waals surface area contributed by atoms with E-state index < -0.39 is 34.3 Å². The number of ether oxygens (including phenoxy) is 1. The van der Waals surface area contributed by atoms with Crippen LogP contribution in [0, 0.1) is 12.7 Å². The molecular weight excluding hydrogens is 593 g/mol. The van der Waals surface area contributed by atoms with Crippen molar-refractivity contribution in [2.24, 2.45) is 0 Å². The highest BCUT2D eigenvalue weighted by atomic mass is 32.2. The maximum Gasteiger partial charge on any atom is 0.264 e. The van der Waals surface area contributed by atoms with Gasteiger partial charge in [0.2, 0.25) is 11.8 Å². The van der Waals surface area contributed by atoms with Crippen LogP contribution in [0.4, 0.5) is 10.1 Å². The van der Waals surface area contributed by atoms with Gasteiger partial charge >= 0.3 is 0 Å². The van der Waals surface area contributed by atoms with Crippen LogP contribution in [0.3, 0.4) is 0 Å². The van der Waals surface area contributed by atoms with E-state index in [1.807, 2.05) is 32.0 Å². The topological polar surface area (TPSA) is 96.0 Å². The summed E-state index contributed by atoms with van der Waals surface area (Å²) in [5, 5.41) is 2.85. The first kappa shape index (κ1) is 33.2. The smallest absolute Gasteiger partial charge is 0.264 e. The average molecular weight is 632 g/mol. The minimum atomic E-state index is -4.22. The highest BCUT2D eigenvalue weighted by Crippen LogP contribution is 2.29. The molecule has 0 spiro atoms. The Labute approximate surface area is 264 Å². The Morgan fingerprint density at radius 2 is 1.47 bits per heavy atom. The number of benzene rings is 4. The van der Waals surface area contributed by atoms with Crippen molar-refractivity contribution < 1.29 is 27.1 Å². The normalized spacial score (nSPS) is 11.8. The van der Waals surface area contributed by atoms with Crippen molar-refractivity contribution >= 4 is 27.5 Å². The first-order valence-corrected chi connectivity index (χ1v) is 16.3. The van der Waals surface area contributed by atoms with E-state index in [2.05, 4.69) is 5.32 Å².